The van der Waals surface area contributed by atoms with Crippen molar-refractivity contribution in [3.63, 3.8) is 0 Å². The third-order valence-electron chi connectivity index (χ3n) is 3.11. The molecule has 1 aromatic rings. The number of rotatable bonds is 9. The summed E-state index contributed by atoms with van der Waals surface area (Å²) in [6.45, 7) is 2.18. The van der Waals surface area contributed by atoms with Crippen molar-refractivity contribution < 1.29 is 22.6 Å². The van der Waals surface area contributed by atoms with Gasteiger partial charge in [0.2, 0.25) is 0 Å². The molecule has 0 aromatic heterocycles. The first-order valence-electron chi connectivity index (χ1n) is 6.50. The molecule has 120 valence electrons. The molecule has 0 bridgehead atoms. The third-order valence-corrected chi connectivity index (χ3v) is 5.30. The zero-order chi connectivity index (χ0) is 15.9. The van der Waals surface area contributed by atoms with Crippen molar-refractivity contribution in [2.24, 2.45) is 0 Å². The first-order chi connectivity index (χ1) is 9.89. The average molecular weight is 334 g/mol. The van der Waals surface area contributed by atoms with E-state index >= 15 is 0 Å². The molecule has 0 saturated carbocycles. The lowest BCUT2D eigenvalue weighted by atomic mass is 10.2. The van der Waals surface area contributed by atoms with Gasteiger partial charge in [0.15, 0.2) is 8.77 Å². The highest BCUT2D eigenvalue weighted by Crippen LogP contribution is 2.20. The van der Waals surface area contributed by atoms with Crippen LogP contribution < -0.4 is 0 Å². The summed E-state index contributed by atoms with van der Waals surface area (Å²) in [7, 11) is 1.59. The Labute approximate surface area is 131 Å². The standard InChI is InChI=1S/C14H22O5S2/c1-12-6-8-13(9-7-12)21(15,20)19-11-5-10-14(16-2,17-3)18-4/h6-9H,5,10-11H2,1-4H3. The Hall–Kier alpha value is -0.570. The maximum absolute atomic E-state index is 12.3. The van der Waals surface area contributed by atoms with Gasteiger partial charge in [-0.15, -0.1) is 0 Å². The minimum Gasteiger partial charge on any atom is -0.331 e. The van der Waals surface area contributed by atoms with Crippen LogP contribution in [-0.4, -0.2) is 38.1 Å². The van der Waals surface area contributed by atoms with Crippen molar-refractivity contribution >= 4 is 20.0 Å². The van der Waals surface area contributed by atoms with Crippen LogP contribution in [0.3, 0.4) is 0 Å². The largest absolute Gasteiger partial charge is 0.331 e. The fourth-order valence-corrected chi connectivity index (χ4v) is 3.27. The number of ether oxygens (including phenoxy) is 3. The van der Waals surface area contributed by atoms with Gasteiger partial charge in [-0.1, -0.05) is 17.7 Å². The van der Waals surface area contributed by atoms with E-state index in [1.54, 1.807) is 12.1 Å². The monoisotopic (exact) mass is 334 g/mol. The number of benzene rings is 1. The van der Waals surface area contributed by atoms with E-state index < -0.39 is 14.7 Å². The molecule has 0 aliphatic rings. The smallest absolute Gasteiger partial charge is 0.282 e. The zero-order valence-corrected chi connectivity index (χ0v) is 14.4. The topological polar surface area (TPSA) is 54.0 Å². The van der Waals surface area contributed by atoms with Crippen molar-refractivity contribution in [3.8, 4) is 0 Å². The van der Waals surface area contributed by atoms with Crippen LogP contribution in [0.1, 0.15) is 18.4 Å². The summed E-state index contributed by atoms with van der Waals surface area (Å²) in [6, 6.07) is 7.18. The van der Waals surface area contributed by atoms with Gasteiger partial charge in [0.25, 0.3) is 5.97 Å². The van der Waals surface area contributed by atoms with Crippen molar-refractivity contribution in [1.29, 1.82) is 0 Å². The van der Waals surface area contributed by atoms with Crippen molar-refractivity contribution in [2.75, 3.05) is 27.9 Å². The molecule has 5 nitrogen and oxygen atoms in total. The lowest BCUT2D eigenvalue weighted by molar-refractivity contribution is -0.355. The predicted molar refractivity (Wildman–Crippen MR) is 83.9 cm³/mol. The highest BCUT2D eigenvalue weighted by atomic mass is 32.8. The molecular formula is C14H22O5S2. The second kappa shape index (κ2) is 8.17. The molecule has 0 fully saturated rings. The summed E-state index contributed by atoms with van der Waals surface area (Å²) >= 11 is 5.06. The van der Waals surface area contributed by atoms with E-state index in [0.29, 0.717) is 17.7 Å². The SMILES string of the molecule is COC(CCCOS(=O)(=S)c1ccc(C)cc1)(OC)OC. The molecular weight excluding hydrogens is 312 g/mol. The van der Waals surface area contributed by atoms with Gasteiger partial charge >= 0.3 is 0 Å². The quantitative estimate of drug-likeness (QED) is 0.511. The van der Waals surface area contributed by atoms with Crippen LogP contribution in [0.4, 0.5) is 0 Å². The fourth-order valence-electron chi connectivity index (χ4n) is 1.79. The van der Waals surface area contributed by atoms with E-state index in [1.165, 1.54) is 21.3 Å². The molecule has 0 spiro atoms. The lowest BCUT2D eigenvalue weighted by Gasteiger charge is -2.28. The van der Waals surface area contributed by atoms with E-state index in [4.69, 9.17) is 29.6 Å². The second-order valence-corrected chi connectivity index (χ2v) is 7.42. The Kier molecular flexibility index (Phi) is 7.19. The Balaban J connectivity index is 2.53. The lowest BCUT2D eigenvalue weighted by Crippen LogP contribution is -2.36. The third kappa shape index (κ3) is 5.28. The van der Waals surface area contributed by atoms with Crippen LogP contribution in [0.2, 0.25) is 0 Å². The molecule has 1 aromatic carbocycles. The molecule has 0 N–H and O–H groups in total. The minimum atomic E-state index is -2.90. The summed E-state index contributed by atoms with van der Waals surface area (Å²) in [5.41, 5.74) is 1.08. The molecule has 21 heavy (non-hydrogen) atoms. The molecule has 7 heteroatoms. The maximum Gasteiger partial charge on any atom is 0.282 e. The van der Waals surface area contributed by atoms with E-state index in [-0.39, 0.29) is 6.61 Å². The highest BCUT2D eigenvalue weighted by molar-refractivity contribution is 8.30. The van der Waals surface area contributed by atoms with Crippen LogP contribution in [0.25, 0.3) is 0 Å². The van der Waals surface area contributed by atoms with Crippen LogP contribution in [-0.2, 0) is 38.4 Å². The van der Waals surface area contributed by atoms with Crippen LogP contribution in [0.15, 0.2) is 29.2 Å². The summed E-state index contributed by atoms with van der Waals surface area (Å²) in [5.74, 6) is -1.10. The number of aryl methyl sites for hydroxylation is 1. The van der Waals surface area contributed by atoms with Crippen molar-refractivity contribution in [3.05, 3.63) is 29.8 Å². The average Bonchev–Trinajstić information content (AvgIpc) is 2.49. The molecule has 0 aliphatic heterocycles. The van der Waals surface area contributed by atoms with E-state index in [2.05, 4.69) is 0 Å². The van der Waals surface area contributed by atoms with Gasteiger partial charge in [0.05, 0.1) is 11.5 Å². The van der Waals surface area contributed by atoms with Crippen molar-refractivity contribution in [2.45, 2.75) is 30.6 Å². The molecule has 0 radical (unpaired) electrons. The van der Waals surface area contributed by atoms with Gasteiger partial charge < -0.3 is 14.2 Å². The molecule has 0 heterocycles. The Morgan fingerprint density at radius 1 is 1.10 bits per heavy atom. The molecule has 0 amide bonds. The Bertz CT molecular complexity index is 513. The van der Waals surface area contributed by atoms with Crippen LogP contribution >= 0.6 is 0 Å². The van der Waals surface area contributed by atoms with Crippen LogP contribution in [0.5, 0.6) is 0 Å². The number of methoxy groups -OCH3 is 3. The van der Waals surface area contributed by atoms with Gasteiger partial charge in [0.1, 0.15) is 0 Å². The molecule has 1 atom stereocenters. The Morgan fingerprint density at radius 2 is 1.62 bits per heavy atom. The minimum absolute atomic E-state index is 0.230. The van der Waals surface area contributed by atoms with Gasteiger partial charge in [-0.2, -0.15) is 0 Å². The Morgan fingerprint density at radius 3 is 2.10 bits per heavy atom. The van der Waals surface area contributed by atoms with Gasteiger partial charge in [-0.05, 0) is 25.5 Å². The summed E-state index contributed by atoms with van der Waals surface area (Å²) < 4.78 is 33.2. The van der Waals surface area contributed by atoms with Gasteiger partial charge in [-0.3, -0.25) is 4.18 Å². The van der Waals surface area contributed by atoms with Gasteiger partial charge in [-0.25, -0.2) is 4.21 Å². The first kappa shape index (κ1) is 18.5. The molecule has 1 unspecified atom stereocenters. The summed E-state index contributed by atoms with van der Waals surface area (Å²) in [4.78, 5) is 0.514. The predicted octanol–water partition coefficient (Wildman–Crippen LogP) is 2.41. The van der Waals surface area contributed by atoms with Crippen molar-refractivity contribution in [1.82, 2.24) is 0 Å². The molecule has 1 rings (SSSR count). The number of hydrogen-bond acceptors (Lipinski definition) is 6. The second-order valence-electron chi connectivity index (χ2n) is 4.49. The highest BCUT2D eigenvalue weighted by Gasteiger charge is 2.28. The summed E-state index contributed by atoms with van der Waals surface area (Å²) in [6.07, 6.45) is 0.976. The molecule has 0 aliphatic carbocycles. The zero-order valence-electron chi connectivity index (χ0n) is 12.8. The normalized spacial score (nSPS) is 14.9. The molecule has 0 saturated heterocycles. The van der Waals surface area contributed by atoms with Gasteiger partial charge in [0, 0.05) is 38.9 Å². The van der Waals surface area contributed by atoms with E-state index in [0.717, 1.165) is 5.56 Å². The van der Waals surface area contributed by atoms with Crippen LogP contribution in [0, 0.1) is 6.92 Å². The fraction of sp³-hybridized carbons (Fsp3) is 0.571. The van der Waals surface area contributed by atoms with E-state index in [9.17, 15) is 4.21 Å². The first-order valence-corrected chi connectivity index (χ1v) is 8.91. The summed E-state index contributed by atoms with van der Waals surface area (Å²) in [5, 5.41) is 0. The van der Waals surface area contributed by atoms with E-state index in [1.807, 2.05) is 19.1 Å². The maximum atomic E-state index is 12.3. The number of hydrogen-bond donors (Lipinski definition) is 0.